The molecule has 0 bridgehead atoms. The molecule has 0 aliphatic rings. The van der Waals surface area contributed by atoms with Gasteiger partial charge in [0.15, 0.2) is 11.5 Å². The molecule has 2 aromatic carbocycles. The largest absolute Gasteiger partial charge is 0.361 e. The zero-order valence-corrected chi connectivity index (χ0v) is 15.3. The lowest BCUT2D eigenvalue weighted by molar-refractivity contribution is 0.0937. The van der Waals surface area contributed by atoms with Gasteiger partial charge in [0.05, 0.1) is 6.04 Å². The molecule has 1 heterocycles. The van der Waals surface area contributed by atoms with E-state index < -0.39 is 0 Å². The normalized spacial score (nSPS) is 11.7. The second-order valence-corrected chi connectivity index (χ2v) is 6.48. The first kappa shape index (κ1) is 17.9. The number of hydrogen-bond acceptors (Lipinski definition) is 4. The molecule has 3 aromatic rings. The molecule has 5 nitrogen and oxygen atoms in total. The fourth-order valence-electron chi connectivity index (χ4n) is 2.58. The molecule has 3 rings (SSSR count). The van der Waals surface area contributed by atoms with E-state index in [4.69, 9.17) is 11.6 Å². The molecule has 6 heteroatoms. The van der Waals surface area contributed by atoms with Crippen molar-refractivity contribution < 1.29 is 4.79 Å². The van der Waals surface area contributed by atoms with Crippen LogP contribution in [-0.4, -0.2) is 30.2 Å². The molecule has 0 saturated heterocycles. The van der Waals surface area contributed by atoms with Crippen molar-refractivity contribution in [2.75, 3.05) is 19.0 Å². The maximum absolute atomic E-state index is 12.7. The van der Waals surface area contributed by atoms with Crippen LogP contribution in [0.1, 0.15) is 27.7 Å². The molecule has 132 valence electrons. The maximum Gasteiger partial charge on any atom is 0.272 e. The summed E-state index contributed by atoms with van der Waals surface area (Å²) in [6.45, 7) is 0. The van der Waals surface area contributed by atoms with Crippen LogP contribution in [0.2, 0.25) is 5.02 Å². The lowest BCUT2D eigenvalue weighted by Crippen LogP contribution is -2.30. The average Bonchev–Trinajstić information content (AvgIpc) is 2.66. The van der Waals surface area contributed by atoms with E-state index in [1.807, 2.05) is 67.5 Å². The Labute approximate surface area is 157 Å². The van der Waals surface area contributed by atoms with Gasteiger partial charge in [-0.15, -0.1) is 10.2 Å². The van der Waals surface area contributed by atoms with Gasteiger partial charge in [0.1, 0.15) is 0 Å². The van der Waals surface area contributed by atoms with Crippen molar-refractivity contribution in [1.29, 1.82) is 0 Å². The standard InChI is InChI=1S/C20H19ClN4O/c1-25(2)18-12-11-17(23-24-18)20(26)22-19(14-7-4-3-5-8-14)15-9-6-10-16(21)13-15/h3-13,19H,1-2H3,(H,22,26). The van der Waals surface area contributed by atoms with Gasteiger partial charge >= 0.3 is 0 Å². The molecule has 1 amide bonds. The van der Waals surface area contributed by atoms with Gasteiger partial charge in [0.25, 0.3) is 5.91 Å². The van der Waals surface area contributed by atoms with Crippen LogP contribution in [0.5, 0.6) is 0 Å². The Morgan fingerprint density at radius 2 is 1.69 bits per heavy atom. The van der Waals surface area contributed by atoms with Crippen LogP contribution in [0.15, 0.2) is 66.7 Å². The summed E-state index contributed by atoms with van der Waals surface area (Å²) in [5, 5.41) is 11.7. The van der Waals surface area contributed by atoms with Crippen molar-refractivity contribution >= 4 is 23.3 Å². The smallest absolute Gasteiger partial charge is 0.272 e. The first-order valence-electron chi connectivity index (χ1n) is 8.17. The summed E-state index contributed by atoms with van der Waals surface area (Å²) in [5.41, 5.74) is 2.12. The van der Waals surface area contributed by atoms with E-state index in [1.54, 1.807) is 18.2 Å². The Morgan fingerprint density at radius 1 is 0.962 bits per heavy atom. The van der Waals surface area contributed by atoms with Crippen molar-refractivity contribution in [2.45, 2.75) is 6.04 Å². The van der Waals surface area contributed by atoms with Gasteiger partial charge in [0, 0.05) is 19.1 Å². The highest BCUT2D eigenvalue weighted by Crippen LogP contribution is 2.24. The molecule has 0 spiro atoms. The summed E-state index contributed by atoms with van der Waals surface area (Å²) in [6.07, 6.45) is 0. The van der Waals surface area contributed by atoms with E-state index >= 15 is 0 Å². The quantitative estimate of drug-likeness (QED) is 0.747. The van der Waals surface area contributed by atoms with E-state index in [-0.39, 0.29) is 17.6 Å². The molecule has 26 heavy (non-hydrogen) atoms. The SMILES string of the molecule is CN(C)c1ccc(C(=O)NC(c2ccccc2)c2cccc(Cl)c2)nn1. The third kappa shape index (κ3) is 4.18. The second kappa shape index (κ2) is 7.97. The molecule has 1 atom stereocenters. The molecule has 1 N–H and O–H groups in total. The average molecular weight is 367 g/mol. The van der Waals surface area contributed by atoms with Crippen LogP contribution < -0.4 is 10.2 Å². The first-order valence-corrected chi connectivity index (χ1v) is 8.55. The number of amides is 1. The van der Waals surface area contributed by atoms with E-state index in [2.05, 4.69) is 15.5 Å². The number of carbonyl (C=O) groups excluding carboxylic acids is 1. The number of benzene rings is 2. The molecule has 0 fully saturated rings. The van der Waals surface area contributed by atoms with Crippen molar-refractivity contribution in [3.63, 3.8) is 0 Å². The summed E-state index contributed by atoms with van der Waals surface area (Å²) in [6, 6.07) is 20.3. The Kier molecular flexibility index (Phi) is 5.49. The summed E-state index contributed by atoms with van der Waals surface area (Å²) < 4.78 is 0. The summed E-state index contributed by atoms with van der Waals surface area (Å²) in [5.74, 6) is 0.396. The van der Waals surface area contributed by atoms with Crippen molar-refractivity contribution in [3.05, 3.63) is 88.6 Å². The van der Waals surface area contributed by atoms with Crippen molar-refractivity contribution in [2.24, 2.45) is 0 Å². The molecule has 0 saturated carbocycles. The summed E-state index contributed by atoms with van der Waals surface area (Å²) in [4.78, 5) is 14.5. The van der Waals surface area contributed by atoms with Gasteiger partial charge in [-0.2, -0.15) is 0 Å². The summed E-state index contributed by atoms with van der Waals surface area (Å²) in [7, 11) is 3.74. The van der Waals surface area contributed by atoms with E-state index in [1.165, 1.54) is 0 Å². The Balaban J connectivity index is 1.89. The predicted octanol–water partition coefficient (Wildman–Crippen LogP) is 3.72. The lowest BCUT2D eigenvalue weighted by atomic mass is 9.98. The molecule has 1 aromatic heterocycles. The van der Waals surface area contributed by atoms with Crippen molar-refractivity contribution in [3.8, 4) is 0 Å². The predicted molar refractivity (Wildman–Crippen MR) is 104 cm³/mol. The zero-order valence-electron chi connectivity index (χ0n) is 14.6. The fraction of sp³-hybridized carbons (Fsp3) is 0.150. The second-order valence-electron chi connectivity index (χ2n) is 6.04. The van der Waals surface area contributed by atoms with E-state index in [0.29, 0.717) is 10.8 Å². The molecule has 0 aliphatic carbocycles. The number of halogens is 1. The highest BCUT2D eigenvalue weighted by molar-refractivity contribution is 6.30. The Morgan fingerprint density at radius 3 is 2.31 bits per heavy atom. The summed E-state index contributed by atoms with van der Waals surface area (Å²) >= 11 is 6.14. The van der Waals surface area contributed by atoms with Crippen LogP contribution >= 0.6 is 11.6 Å². The number of anilines is 1. The molecule has 1 unspecified atom stereocenters. The van der Waals surface area contributed by atoms with Crippen LogP contribution in [0.25, 0.3) is 0 Å². The van der Waals surface area contributed by atoms with Gasteiger partial charge < -0.3 is 10.2 Å². The third-order valence-electron chi connectivity index (χ3n) is 3.93. The van der Waals surface area contributed by atoms with Crippen LogP contribution in [0, 0.1) is 0 Å². The number of nitrogens with one attached hydrogen (secondary N) is 1. The molecular weight excluding hydrogens is 348 g/mol. The van der Waals surface area contributed by atoms with Crippen LogP contribution in [-0.2, 0) is 0 Å². The monoisotopic (exact) mass is 366 g/mol. The Hall–Kier alpha value is -2.92. The number of rotatable bonds is 5. The number of aromatic nitrogens is 2. The number of hydrogen-bond donors (Lipinski definition) is 1. The van der Waals surface area contributed by atoms with Crippen LogP contribution in [0.3, 0.4) is 0 Å². The van der Waals surface area contributed by atoms with Gasteiger partial charge in [-0.3, -0.25) is 4.79 Å². The van der Waals surface area contributed by atoms with E-state index in [9.17, 15) is 4.79 Å². The van der Waals surface area contributed by atoms with Gasteiger partial charge in [-0.1, -0.05) is 54.1 Å². The molecule has 0 aliphatic heterocycles. The maximum atomic E-state index is 12.7. The zero-order chi connectivity index (χ0) is 18.5. The third-order valence-corrected chi connectivity index (χ3v) is 4.17. The highest BCUT2D eigenvalue weighted by Gasteiger charge is 2.19. The van der Waals surface area contributed by atoms with Gasteiger partial charge in [0.2, 0.25) is 0 Å². The lowest BCUT2D eigenvalue weighted by Gasteiger charge is -2.20. The minimum atomic E-state index is -0.335. The topological polar surface area (TPSA) is 58.1 Å². The molecular formula is C20H19ClN4O. The Bertz CT molecular complexity index is 882. The van der Waals surface area contributed by atoms with Gasteiger partial charge in [-0.05, 0) is 35.4 Å². The molecule has 0 radical (unpaired) electrons. The first-order chi connectivity index (χ1) is 12.5. The van der Waals surface area contributed by atoms with E-state index in [0.717, 1.165) is 11.1 Å². The number of nitrogens with zero attached hydrogens (tertiary/aromatic N) is 3. The minimum Gasteiger partial charge on any atom is -0.361 e. The number of carbonyl (C=O) groups is 1. The fourth-order valence-corrected chi connectivity index (χ4v) is 2.78. The minimum absolute atomic E-state index is 0.263. The van der Waals surface area contributed by atoms with Crippen LogP contribution in [0.4, 0.5) is 5.82 Å². The highest BCUT2D eigenvalue weighted by atomic mass is 35.5. The van der Waals surface area contributed by atoms with Crippen molar-refractivity contribution in [1.82, 2.24) is 15.5 Å². The van der Waals surface area contributed by atoms with Gasteiger partial charge in [-0.25, -0.2) is 0 Å².